The van der Waals surface area contributed by atoms with Crippen LogP contribution in [0, 0.1) is 11.8 Å². The minimum absolute atomic E-state index is 0.168. The van der Waals surface area contributed by atoms with Crippen LogP contribution < -0.4 is 0 Å². The molecule has 1 fully saturated rings. The lowest BCUT2D eigenvalue weighted by molar-refractivity contribution is -0.141. The first-order valence-electron chi connectivity index (χ1n) is 8.71. The van der Waals surface area contributed by atoms with Gasteiger partial charge >= 0.3 is 5.97 Å². The van der Waals surface area contributed by atoms with Gasteiger partial charge in [0.25, 0.3) is 0 Å². The van der Waals surface area contributed by atoms with Crippen LogP contribution >= 0.6 is 0 Å². The van der Waals surface area contributed by atoms with Crippen molar-refractivity contribution >= 4 is 17.3 Å². The fourth-order valence-electron chi connectivity index (χ4n) is 2.85. The molecule has 4 nitrogen and oxygen atoms in total. The molecule has 1 heterocycles. The third-order valence-electron chi connectivity index (χ3n) is 4.41. The second-order valence-electron chi connectivity index (χ2n) is 7.04. The van der Waals surface area contributed by atoms with Crippen LogP contribution in [0.2, 0.25) is 0 Å². The number of Topliss-reactive ketones (excluding diaryl/α,β-unsaturated/α-hetero) is 1. The molecular weight excluding hydrogens is 316 g/mol. The van der Waals surface area contributed by atoms with Crippen molar-refractivity contribution in [3.63, 3.8) is 0 Å². The lowest BCUT2D eigenvalue weighted by Crippen LogP contribution is -2.19. The largest absolute Gasteiger partial charge is 0.511 e. The molecular formula is C21H26O4. The summed E-state index contributed by atoms with van der Waals surface area (Å²) in [6.45, 7) is 7.72. The van der Waals surface area contributed by atoms with Crippen molar-refractivity contribution < 1.29 is 19.4 Å². The minimum Gasteiger partial charge on any atom is -0.511 e. The number of benzene rings is 1. The number of carbonyl (C=O) groups is 2. The number of ether oxygens (including phenoxy) is 1. The van der Waals surface area contributed by atoms with E-state index in [0.29, 0.717) is 12.8 Å². The van der Waals surface area contributed by atoms with Crippen LogP contribution in [-0.2, 0) is 14.3 Å². The molecule has 0 saturated carbocycles. The highest BCUT2D eigenvalue weighted by Crippen LogP contribution is 2.28. The van der Waals surface area contributed by atoms with Crippen LogP contribution in [0.3, 0.4) is 0 Å². The van der Waals surface area contributed by atoms with Crippen molar-refractivity contribution in [3.8, 4) is 0 Å². The van der Waals surface area contributed by atoms with Gasteiger partial charge in [0.05, 0.1) is 0 Å². The Balaban J connectivity index is 2.13. The number of esters is 1. The smallest absolute Gasteiger partial charge is 0.346 e. The molecule has 0 aliphatic carbocycles. The Morgan fingerprint density at radius 3 is 2.44 bits per heavy atom. The average Bonchev–Trinajstić information content (AvgIpc) is 2.85. The van der Waals surface area contributed by atoms with Crippen molar-refractivity contribution in [2.75, 3.05) is 0 Å². The number of hydrogen-bond acceptors (Lipinski definition) is 4. The van der Waals surface area contributed by atoms with Gasteiger partial charge in [-0.25, -0.2) is 4.79 Å². The van der Waals surface area contributed by atoms with Crippen molar-refractivity contribution in [2.45, 2.75) is 46.6 Å². The Bertz CT molecular complexity index is 698. The molecule has 2 atom stereocenters. The molecule has 25 heavy (non-hydrogen) atoms. The lowest BCUT2D eigenvalue weighted by Gasteiger charge is -2.11. The van der Waals surface area contributed by atoms with Crippen molar-refractivity contribution in [3.05, 3.63) is 53.3 Å². The number of aliphatic hydroxyl groups is 1. The second kappa shape index (κ2) is 8.15. The topological polar surface area (TPSA) is 63.6 Å². The Kier molecular flexibility index (Phi) is 6.18. The predicted octanol–water partition coefficient (Wildman–Crippen LogP) is 4.47. The van der Waals surface area contributed by atoms with Crippen LogP contribution in [-0.4, -0.2) is 23.0 Å². The Morgan fingerprint density at radius 1 is 1.20 bits per heavy atom. The van der Waals surface area contributed by atoms with Crippen LogP contribution in [0.15, 0.2) is 47.7 Å². The maximum atomic E-state index is 12.4. The highest BCUT2D eigenvalue weighted by Gasteiger charge is 2.41. The second-order valence-corrected chi connectivity index (χ2v) is 7.04. The molecule has 2 rings (SSSR count). The van der Waals surface area contributed by atoms with Gasteiger partial charge in [0, 0.05) is 5.92 Å². The molecule has 0 aromatic heterocycles. The molecule has 2 unspecified atom stereocenters. The van der Waals surface area contributed by atoms with Gasteiger partial charge in [0.15, 0.2) is 6.10 Å². The summed E-state index contributed by atoms with van der Waals surface area (Å²) < 4.78 is 5.14. The number of cyclic esters (lactones) is 1. The normalized spacial score (nSPS) is 21.5. The van der Waals surface area contributed by atoms with Crippen molar-refractivity contribution in [1.29, 1.82) is 0 Å². The van der Waals surface area contributed by atoms with Gasteiger partial charge in [-0.05, 0) is 36.8 Å². The van der Waals surface area contributed by atoms with E-state index < -0.39 is 17.9 Å². The summed E-state index contributed by atoms with van der Waals surface area (Å²) >= 11 is 0. The number of allylic oxidation sites excluding steroid dienone is 3. The Morgan fingerprint density at radius 2 is 1.84 bits per heavy atom. The molecule has 4 heteroatoms. The van der Waals surface area contributed by atoms with E-state index in [-0.39, 0.29) is 23.2 Å². The quantitative estimate of drug-likeness (QED) is 0.358. The third kappa shape index (κ3) is 4.59. The summed E-state index contributed by atoms with van der Waals surface area (Å²) in [6.07, 6.45) is 2.25. The van der Waals surface area contributed by atoms with E-state index in [2.05, 4.69) is 0 Å². The summed E-state index contributed by atoms with van der Waals surface area (Å²) in [5.74, 6) is -1.37. The summed E-state index contributed by atoms with van der Waals surface area (Å²) in [6, 6.07) is 9.93. The van der Waals surface area contributed by atoms with Gasteiger partial charge in [-0.15, -0.1) is 0 Å². The van der Waals surface area contributed by atoms with Crippen LogP contribution in [0.5, 0.6) is 0 Å². The van der Waals surface area contributed by atoms with E-state index in [1.165, 1.54) is 0 Å². The molecule has 0 bridgehead atoms. The maximum Gasteiger partial charge on any atom is 0.346 e. The van der Waals surface area contributed by atoms with E-state index in [9.17, 15) is 14.7 Å². The van der Waals surface area contributed by atoms with Crippen molar-refractivity contribution in [1.82, 2.24) is 0 Å². The first-order chi connectivity index (χ1) is 11.8. The number of ketones is 1. The minimum atomic E-state index is -0.765. The average molecular weight is 342 g/mol. The summed E-state index contributed by atoms with van der Waals surface area (Å²) in [5, 5.41) is 10.4. The van der Waals surface area contributed by atoms with Crippen molar-refractivity contribution in [2.24, 2.45) is 11.8 Å². The molecule has 0 radical (unpaired) electrons. The number of carbonyl (C=O) groups excluding carboxylic acids is 2. The third-order valence-corrected chi connectivity index (χ3v) is 4.41. The standard InChI is InChI=1S/C21H26O4/c1-13(2)12-17-20(23)18(21(24)25-17)19(22)15(4)11-10-14(3)16-8-6-5-7-9-16/h5-10,13,15,17,22H,11-12H2,1-4H3/b14-10+,19-18?. The molecule has 0 amide bonds. The van der Waals surface area contributed by atoms with Gasteiger partial charge in [-0.1, -0.05) is 57.2 Å². The highest BCUT2D eigenvalue weighted by molar-refractivity contribution is 6.23. The van der Waals surface area contributed by atoms with Crippen LogP contribution in [0.1, 0.15) is 46.1 Å². The molecule has 1 aromatic carbocycles. The van der Waals surface area contributed by atoms with Gasteiger partial charge in [-0.2, -0.15) is 0 Å². The van der Waals surface area contributed by atoms with E-state index in [1.54, 1.807) is 6.92 Å². The van der Waals surface area contributed by atoms with Crippen LogP contribution in [0.25, 0.3) is 5.57 Å². The van der Waals surface area contributed by atoms with E-state index >= 15 is 0 Å². The molecule has 0 spiro atoms. The fourth-order valence-corrected chi connectivity index (χ4v) is 2.85. The summed E-state index contributed by atoms with van der Waals surface area (Å²) in [5.41, 5.74) is 2.02. The van der Waals surface area contributed by atoms with E-state index in [0.717, 1.165) is 11.1 Å². The zero-order valence-electron chi connectivity index (χ0n) is 15.3. The maximum absolute atomic E-state index is 12.4. The summed E-state index contributed by atoms with van der Waals surface area (Å²) in [7, 11) is 0. The number of aliphatic hydroxyl groups excluding tert-OH is 1. The molecule has 134 valence electrons. The van der Waals surface area contributed by atoms with E-state index in [4.69, 9.17) is 4.74 Å². The Labute approximate surface area is 149 Å². The lowest BCUT2D eigenvalue weighted by atomic mass is 9.94. The number of hydrogen-bond donors (Lipinski definition) is 1. The molecule has 1 aliphatic rings. The summed E-state index contributed by atoms with van der Waals surface area (Å²) in [4.78, 5) is 24.4. The molecule has 1 aromatic rings. The zero-order valence-corrected chi connectivity index (χ0v) is 15.3. The first-order valence-corrected chi connectivity index (χ1v) is 8.71. The van der Waals surface area contributed by atoms with Gasteiger partial charge < -0.3 is 9.84 Å². The predicted molar refractivity (Wildman–Crippen MR) is 97.9 cm³/mol. The van der Waals surface area contributed by atoms with Crippen LogP contribution in [0.4, 0.5) is 0 Å². The van der Waals surface area contributed by atoms with Gasteiger partial charge in [-0.3, -0.25) is 4.79 Å². The fraction of sp³-hybridized carbons (Fsp3) is 0.429. The highest BCUT2D eigenvalue weighted by atomic mass is 16.6. The number of rotatable bonds is 6. The SMILES string of the molecule is C/C(=C\CC(C)C(O)=C1C(=O)OC(CC(C)C)C1=O)c1ccccc1. The zero-order chi connectivity index (χ0) is 18.6. The molecule has 1 N–H and O–H groups in total. The first kappa shape index (κ1) is 19.0. The monoisotopic (exact) mass is 342 g/mol. The van der Waals surface area contributed by atoms with Gasteiger partial charge in [0.1, 0.15) is 11.3 Å². The van der Waals surface area contributed by atoms with E-state index in [1.807, 2.05) is 57.2 Å². The molecule has 1 saturated heterocycles. The molecule has 1 aliphatic heterocycles. The Hall–Kier alpha value is -2.36. The van der Waals surface area contributed by atoms with Gasteiger partial charge in [0.2, 0.25) is 5.78 Å².